The Labute approximate surface area is 111 Å². The van der Waals surface area contributed by atoms with Gasteiger partial charge in [-0.2, -0.15) is 4.98 Å². The van der Waals surface area contributed by atoms with Crippen molar-refractivity contribution < 1.29 is 9.63 Å². The van der Waals surface area contributed by atoms with Gasteiger partial charge in [-0.15, -0.1) is 0 Å². The second-order valence-corrected chi connectivity index (χ2v) is 4.94. The summed E-state index contributed by atoms with van der Waals surface area (Å²) in [5.41, 5.74) is 0.981. The minimum Gasteiger partial charge on any atom is -0.508 e. The standard InChI is InChI=1S/C14H17N3O2/c18-12-5-1-3-10(7-12)8-13-16-14(19-17-13)11-4-2-6-15-9-11/h1,3,5,7,11,15,18H,2,4,6,8-9H2. The molecule has 5 nitrogen and oxygen atoms in total. The molecule has 2 aromatic rings. The normalized spacial score (nSPS) is 19.5. The Kier molecular flexibility index (Phi) is 3.46. The van der Waals surface area contributed by atoms with Gasteiger partial charge in [0.05, 0.1) is 5.92 Å². The lowest BCUT2D eigenvalue weighted by molar-refractivity contribution is 0.320. The van der Waals surface area contributed by atoms with Gasteiger partial charge in [0.15, 0.2) is 5.82 Å². The molecule has 1 aromatic carbocycles. The molecule has 1 aliphatic heterocycles. The van der Waals surface area contributed by atoms with Crippen LogP contribution in [0.3, 0.4) is 0 Å². The SMILES string of the molecule is Oc1cccc(Cc2noc(C3CCCNC3)n2)c1. The topological polar surface area (TPSA) is 71.2 Å². The fourth-order valence-corrected chi connectivity index (χ4v) is 2.42. The minimum atomic E-state index is 0.262. The molecule has 2 N–H and O–H groups in total. The molecule has 0 aliphatic carbocycles. The Morgan fingerprint density at radius 2 is 2.37 bits per heavy atom. The van der Waals surface area contributed by atoms with E-state index in [9.17, 15) is 5.11 Å². The first-order valence-corrected chi connectivity index (χ1v) is 6.62. The molecule has 0 bridgehead atoms. The van der Waals surface area contributed by atoms with Crippen LogP contribution in [0.15, 0.2) is 28.8 Å². The van der Waals surface area contributed by atoms with E-state index in [1.165, 1.54) is 0 Å². The highest BCUT2D eigenvalue weighted by molar-refractivity contribution is 5.28. The van der Waals surface area contributed by atoms with E-state index in [4.69, 9.17) is 4.52 Å². The van der Waals surface area contributed by atoms with Gasteiger partial charge in [0, 0.05) is 13.0 Å². The first-order chi connectivity index (χ1) is 9.31. The predicted octanol–water partition coefficient (Wildman–Crippen LogP) is 1.83. The largest absolute Gasteiger partial charge is 0.508 e. The van der Waals surface area contributed by atoms with E-state index in [1.54, 1.807) is 12.1 Å². The van der Waals surface area contributed by atoms with Gasteiger partial charge in [-0.1, -0.05) is 17.3 Å². The van der Waals surface area contributed by atoms with Crippen LogP contribution < -0.4 is 5.32 Å². The smallest absolute Gasteiger partial charge is 0.231 e. The summed E-state index contributed by atoms with van der Waals surface area (Å²) in [6.07, 6.45) is 2.83. The van der Waals surface area contributed by atoms with Crippen LogP contribution in [0.4, 0.5) is 0 Å². The van der Waals surface area contributed by atoms with Crippen molar-refractivity contribution in [2.75, 3.05) is 13.1 Å². The van der Waals surface area contributed by atoms with Gasteiger partial charge in [-0.05, 0) is 37.1 Å². The Balaban J connectivity index is 1.70. The van der Waals surface area contributed by atoms with E-state index in [2.05, 4.69) is 15.5 Å². The third-order valence-corrected chi connectivity index (χ3v) is 3.40. The lowest BCUT2D eigenvalue weighted by Gasteiger charge is -2.18. The van der Waals surface area contributed by atoms with Gasteiger partial charge < -0.3 is 14.9 Å². The van der Waals surface area contributed by atoms with Crippen molar-refractivity contribution in [1.82, 2.24) is 15.5 Å². The van der Waals surface area contributed by atoms with Crippen LogP contribution in [0.2, 0.25) is 0 Å². The number of nitrogens with zero attached hydrogens (tertiary/aromatic N) is 2. The Bertz CT molecular complexity index is 547. The Morgan fingerprint density at radius 3 is 3.16 bits per heavy atom. The van der Waals surface area contributed by atoms with Gasteiger partial charge >= 0.3 is 0 Å². The predicted molar refractivity (Wildman–Crippen MR) is 70.1 cm³/mol. The van der Waals surface area contributed by atoms with Crippen LogP contribution >= 0.6 is 0 Å². The number of hydrogen-bond acceptors (Lipinski definition) is 5. The summed E-state index contributed by atoms with van der Waals surface area (Å²) in [4.78, 5) is 4.46. The summed E-state index contributed by atoms with van der Waals surface area (Å²) >= 11 is 0. The fourth-order valence-electron chi connectivity index (χ4n) is 2.42. The van der Waals surface area contributed by atoms with Crippen LogP contribution in [0.1, 0.15) is 36.0 Å². The van der Waals surface area contributed by atoms with Crippen molar-refractivity contribution in [3.8, 4) is 5.75 Å². The van der Waals surface area contributed by atoms with Gasteiger partial charge in [0.1, 0.15) is 5.75 Å². The maximum Gasteiger partial charge on any atom is 0.231 e. The number of hydrogen-bond donors (Lipinski definition) is 2. The molecule has 1 aromatic heterocycles. The second kappa shape index (κ2) is 5.40. The Hall–Kier alpha value is -1.88. The third-order valence-electron chi connectivity index (χ3n) is 3.40. The highest BCUT2D eigenvalue weighted by Gasteiger charge is 2.21. The fraction of sp³-hybridized carbons (Fsp3) is 0.429. The quantitative estimate of drug-likeness (QED) is 0.880. The van der Waals surface area contributed by atoms with Crippen LogP contribution in [-0.4, -0.2) is 28.3 Å². The molecule has 0 saturated carbocycles. The molecule has 1 fully saturated rings. The number of benzene rings is 1. The van der Waals surface area contributed by atoms with E-state index >= 15 is 0 Å². The van der Waals surface area contributed by atoms with Gasteiger partial charge in [0.25, 0.3) is 0 Å². The van der Waals surface area contributed by atoms with Crippen molar-refractivity contribution in [3.05, 3.63) is 41.5 Å². The van der Waals surface area contributed by atoms with Crippen LogP contribution in [0.5, 0.6) is 5.75 Å². The molecule has 3 rings (SSSR count). The van der Waals surface area contributed by atoms with Gasteiger partial charge in [-0.25, -0.2) is 0 Å². The van der Waals surface area contributed by atoms with E-state index < -0.39 is 0 Å². The molecule has 1 atom stereocenters. The van der Waals surface area contributed by atoms with E-state index in [-0.39, 0.29) is 5.75 Å². The lowest BCUT2D eigenvalue weighted by Crippen LogP contribution is -2.28. The monoisotopic (exact) mass is 259 g/mol. The number of nitrogens with one attached hydrogen (secondary N) is 1. The zero-order valence-corrected chi connectivity index (χ0v) is 10.7. The summed E-state index contributed by atoms with van der Waals surface area (Å²) in [5.74, 6) is 1.99. The van der Waals surface area contributed by atoms with Crippen LogP contribution in [0, 0.1) is 0 Å². The van der Waals surface area contributed by atoms with Crippen molar-refractivity contribution in [2.45, 2.75) is 25.2 Å². The molecule has 1 saturated heterocycles. The van der Waals surface area contributed by atoms with Crippen molar-refractivity contribution in [1.29, 1.82) is 0 Å². The molecular formula is C14H17N3O2. The second-order valence-electron chi connectivity index (χ2n) is 4.94. The summed E-state index contributed by atoms with van der Waals surface area (Å²) in [5, 5.41) is 16.8. The van der Waals surface area contributed by atoms with E-state index in [0.29, 0.717) is 18.2 Å². The number of aromatic nitrogens is 2. The number of aromatic hydroxyl groups is 1. The highest BCUT2D eigenvalue weighted by atomic mass is 16.5. The average Bonchev–Trinajstić information content (AvgIpc) is 2.88. The summed E-state index contributed by atoms with van der Waals surface area (Å²) in [6.45, 7) is 1.98. The zero-order valence-electron chi connectivity index (χ0n) is 10.7. The third kappa shape index (κ3) is 2.93. The molecule has 1 aliphatic rings. The van der Waals surface area contributed by atoms with Crippen LogP contribution in [-0.2, 0) is 6.42 Å². The summed E-state index contributed by atoms with van der Waals surface area (Å²) in [7, 11) is 0. The first-order valence-electron chi connectivity index (χ1n) is 6.62. The minimum absolute atomic E-state index is 0.262. The maximum absolute atomic E-state index is 9.43. The number of phenols is 1. The highest BCUT2D eigenvalue weighted by Crippen LogP contribution is 2.22. The number of rotatable bonds is 3. The molecule has 0 amide bonds. The van der Waals surface area contributed by atoms with Gasteiger partial charge in [-0.3, -0.25) is 0 Å². The molecule has 2 heterocycles. The number of phenolic OH excluding ortho intramolecular Hbond substituents is 1. The number of piperidine rings is 1. The summed E-state index contributed by atoms with van der Waals surface area (Å²) in [6, 6.07) is 7.13. The molecule has 19 heavy (non-hydrogen) atoms. The van der Waals surface area contributed by atoms with Crippen molar-refractivity contribution in [3.63, 3.8) is 0 Å². The molecule has 100 valence electrons. The zero-order chi connectivity index (χ0) is 13.1. The average molecular weight is 259 g/mol. The maximum atomic E-state index is 9.43. The molecule has 0 spiro atoms. The first kappa shape index (κ1) is 12.2. The molecule has 1 unspecified atom stereocenters. The van der Waals surface area contributed by atoms with Crippen LogP contribution in [0.25, 0.3) is 0 Å². The lowest BCUT2D eigenvalue weighted by atomic mass is 10.00. The van der Waals surface area contributed by atoms with E-state index in [0.717, 1.165) is 37.4 Å². The summed E-state index contributed by atoms with van der Waals surface area (Å²) < 4.78 is 5.34. The van der Waals surface area contributed by atoms with Gasteiger partial charge in [0.2, 0.25) is 5.89 Å². The molecular weight excluding hydrogens is 242 g/mol. The Morgan fingerprint density at radius 1 is 1.42 bits per heavy atom. The van der Waals surface area contributed by atoms with Crippen molar-refractivity contribution in [2.24, 2.45) is 0 Å². The molecule has 5 heteroatoms. The molecule has 0 radical (unpaired) electrons. The van der Waals surface area contributed by atoms with E-state index in [1.807, 2.05) is 12.1 Å². The van der Waals surface area contributed by atoms with Crippen molar-refractivity contribution >= 4 is 0 Å².